The molecule has 2 rings (SSSR count). The van der Waals surface area contributed by atoms with E-state index in [9.17, 15) is 10.2 Å². The highest BCUT2D eigenvalue weighted by molar-refractivity contribution is 5.59. The lowest BCUT2D eigenvalue weighted by Crippen LogP contribution is -2.20. The molecule has 0 unspecified atom stereocenters. The van der Waals surface area contributed by atoms with Gasteiger partial charge >= 0.3 is 0 Å². The van der Waals surface area contributed by atoms with E-state index >= 15 is 0 Å². The number of rotatable bonds is 6. The molecule has 0 aliphatic carbocycles. The van der Waals surface area contributed by atoms with Crippen LogP contribution < -0.4 is 9.47 Å². The Morgan fingerprint density at radius 2 is 1.39 bits per heavy atom. The molecule has 124 valence electrons. The topological polar surface area (TPSA) is 58.9 Å². The van der Waals surface area contributed by atoms with Crippen LogP contribution in [0.15, 0.2) is 36.4 Å². The summed E-state index contributed by atoms with van der Waals surface area (Å²) in [7, 11) is 0. The molecule has 2 N–H and O–H groups in total. The van der Waals surface area contributed by atoms with Crippen molar-refractivity contribution in [2.45, 2.75) is 33.1 Å². The zero-order chi connectivity index (χ0) is 17.0. The predicted octanol–water partition coefficient (Wildman–Crippen LogP) is 4.22. The molecule has 23 heavy (non-hydrogen) atoms. The van der Waals surface area contributed by atoms with Crippen molar-refractivity contribution in [1.29, 1.82) is 0 Å². The Balaban J connectivity index is 2.60. The molecule has 0 aromatic heterocycles. The first kappa shape index (κ1) is 17.0. The molecule has 2 aromatic rings. The van der Waals surface area contributed by atoms with Crippen LogP contribution >= 0.6 is 0 Å². The van der Waals surface area contributed by atoms with Gasteiger partial charge in [-0.3, -0.25) is 0 Å². The van der Waals surface area contributed by atoms with Crippen molar-refractivity contribution in [2.75, 3.05) is 13.2 Å². The van der Waals surface area contributed by atoms with E-state index < -0.39 is 0 Å². The quantitative estimate of drug-likeness (QED) is 0.837. The van der Waals surface area contributed by atoms with Crippen molar-refractivity contribution >= 4 is 0 Å². The maximum atomic E-state index is 10.1. The molecule has 0 amide bonds. The zero-order valence-electron chi connectivity index (χ0n) is 14.1. The number of phenolic OH excluding ortho intramolecular Hbond substituents is 2. The molecule has 0 aliphatic rings. The van der Waals surface area contributed by atoms with Crippen LogP contribution in [-0.4, -0.2) is 23.4 Å². The summed E-state index contributed by atoms with van der Waals surface area (Å²) in [4.78, 5) is 0. The number of aromatic hydroxyl groups is 2. The van der Waals surface area contributed by atoms with Crippen LogP contribution in [0.4, 0.5) is 0 Å². The second-order valence-corrected chi connectivity index (χ2v) is 5.83. The van der Waals surface area contributed by atoms with Gasteiger partial charge in [0.25, 0.3) is 0 Å². The summed E-state index contributed by atoms with van der Waals surface area (Å²) in [5.74, 6) is 1.24. The Bertz CT molecular complexity index is 660. The Kier molecular flexibility index (Phi) is 5.04. The summed E-state index contributed by atoms with van der Waals surface area (Å²) in [5.41, 5.74) is 1.58. The lowest BCUT2D eigenvalue weighted by Gasteiger charge is -2.29. The van der Waals surface area contributed by atoms with Crippen molar-refractivity contribution in [3.8, 4) is 23.0 Å². The van der Waals surface area contributed by atoms with Gasteiger partial charge in [0.2, 0.25) is 5.75 Å². The highest BCUT2D eigenvalue weighted by Crippen LogP contribution is 2.46. The Morgan fingerprint density at radius 3 is 1.96 bits per heavy atom. The van der Waals surface area contributed by atoms with Crippen molar-refractivity contribution in [3.05, 3.63) is 47.5 Å². The van der Waals surface area contributed by atoms with Gasteiger partial charge in [-0.1, -0.05) is 32.0 Å². The summed E-state index contributed by atoms with van der Waals surface area (Å²) < 4.78 is 11.4. The van der Waals surface area contributed by atoms with Crippen molar-refractivity contribution in [3.63, 3.8) is 0 Å². The molecule has 0 heterocycles. The molecule has 2 aromatic carbocycles. The first-order valence-corrected chi connectivity index (χ1v) is 7.83. The SMILES string of the molecule is CCOc1c(O)ccc(C(C)(C)c2ccc(O)cc2)c1OCC. The van der Waals surface area contributed by atoms with Crippen LogP contribution in [0.2, 0.25) is 0 Å². The maximum Gasteiger partial charge on any atom is 0.203 e. The number of hydrogen-bond donors (Lipinski definition) is 2. The summed E-state index contributed by atoms with van der Waals surface area (Å²) in [6.45, 7) is 8.83. The smallest absolute Gasteiger partial charge is 0.203 e. The predicted molar refractivity (Wildman–Crippen MR) is 90.7 cm³/mol. The van der Waals surface area contributed by atoms with E-state index in [1.165, 1.54) is 0 Å². The first-order chi connectivity index (χ1) is 10.9. The fourth-order valence-corrected chi connectivity index (χ4v) is 2.65. The fraction of sp³-hybridized carbons (Fsp3) is 0.368. The fourth-order valence-electron chi connectivity index (χ4n) is 2.65. The van der Waals surface area contributed by atoms with E-state index in [4.69, 9.17) is 9.47 Å². The maximum absolute atomic E-state index is 10.1. The van der Waals surface area contributed by atoms with Crippen LogP contribution in [0.25, 0.3) is 0 Å². The minimum absolute atomic E-state index is 0.0700. The molecule has 4 heteroatoms. The number of phenols is 2. The largest absolute Gasteiger partial charge is 0.508 e. The molecule has 0 atom stereocenters. The summed E-state index contributed by atoms with van der Waals surface area (Å²) in [6.07, 6.45) is 0. The lowest BCUT2D eigenvalue weighted by atomic mass is 9.77. The third kappa shape index (κ3) is 3.36. The van der Waals surface area contributed by atoms with Crippen molar-refractivity contribution < 1.29 is 19.7 Å². The summed E-state index contributed by atoms with van der Waals surface area (Å²) in [5, 5.41) is 19.6. The molecule has 0 bridgehead atoms. The van der Waals surface area contributed by atoms with E-state index in [2.05, 4.69) is 13.8 Å². The summed E-state index contributed by atoms with van der Waals surface area (Å²) in [6, 6.07) is 10.6. The van der Waals surface area contributed by atoms with Gasteiger partial charge < -0.3 is 19.7 Å². The van der Waals surface area contributed by atoms with E-state index in [0.29, 0.717) is 24.7 Å². The highest BCUT2D eigenvalue weighted by Gasteiger charge is 2.30. The highest BCUT2D eigenvalue weighted by atomic mass is 16.5. The van der Waals surface area contributed by atoms with E-state index in [-0.39, 0.29) is 16.9 Å². The standard InChI is InChI=1S/C19H24O4/c1-5-22-17-15(11-12-16(21)18(17)23-6-2)19(3,4)13-7-9-14(20)10-8-13/h7-12,20-21H,5-6H2,1-4H3. The molecule has 0 saturated carbocycles. The molecule has 0 fully saturated rings. The minimum atomic E-state index is -0.377. The van der Waals surface area contributed by atoms with E-state index in [1.807, 2.05) is 32.0 Å². The summed E-state index contributed by atoms with van der Waals surface area (Å²) >= 11 is 0. The van der Waals surface area contributed by atoms with E-state index in [0.717, 1.165) is 11.1 Å². The van der Waals surface area contributed by atoms with Crippen LogP contribution in [0.5, 0.6) is 23.0 Å². The lowest BCUT2D eigenvalue weighted by molar-refractivity contribution is 0.270. The molecule has 0 aliphatic heterocycles. The van der Waals surface area contributed by atoms with Gasteiger partial charge in [0.05, 0.1) is 13.2 Å². The first-order valence-electron chi connectivity index (χ1n) is 7.83. The van der Waals surface area contributed by atoms with Gasteiger partial charge in [-0.25, -0.2) is 0 Å². The molecular weight excluding hydrogens is 292 g/mol. The third-order valence-electron chi connectivity index (χ3n) is 3.93. The Labute approximate surface area is 137 Å². The number of hydrogen-bond acceptors (Lipinski definition) is 4. The van der Waals surface area contributed by atoms with Gasteiger partial charge in [0.1, 0.15) is 5.75 Å². The van der Waals surface area contributed by atoms with Gasteiger partial charge in [0, 0.05) is 11.0 Å². The van der Waals surface area contributed by atoms with Crippen LogP contribution in [-0.2, 0) is 5.41 Å². The van der Waals surface area contributed by atoms with Crippen molar-refractivity contribution in [1.82, 2.24) is 0 Å². The minimum Gasteiger partial charge on any atom is -0.508 e. The van der Waals surface area contributed by atoms with Crippen LogP contribution in [0.3, 0.4) is 0 Å². The molecule has 0 spiro atoms. The van der Waals surface area contributed by atoms with Gasteiger partial charge in [-0.15, -0.1) is 0 Å². The third-order valence-corrected chi connectivity index (χ3v) is 3.93. The molecule has 0 saturated heterocycles. The monoisotopic (exact) mass is 316 g/mol. The van der Waals surface area contributed by atoms with Gasteiger partial charge in [0.15, 0.2) is 11.5 Å². The average molecular weight is 316 g/mol. The van der Waals surface area contributed by atoms with E-state index in [1.54, 1.807) is 18.2 Å². The number of benzene rings is 2. The van der Waals surface area contributed by atoms with Crippen molar-refractivity contribution in [2.24, 2.45) is 0 Å². The molecular formula is C19H24O4. The zero-order valence-corrected chi connectivity index (χ0v) is 14.1. The molecule has 0 radical (unpaired) electrons. The molecule has 4 nitrogen and oxygen atoms in total. The average Bonchev–Trinajstić information content (AvgIpc) is 2.51. The Hall–Kier alpha value is -2.36. The number of ether oxygens (including phenoxy) is 2. The van der Waals surface area contributed by atoms with Crippen LogP contribution in [0, 0.1) is 0 Å². The second-order valence-electron chi connectivity index (χ2n) is 5.83. The Morgan fingerprint density at radius 1 is 0.826 bits per heavy atom. The van der Waals surface area contributed by atoms with Crippen LogP contribution in [0.1, 0.15) is 38.8 Å². The van der Waals surface area contributed by atoms with Gasteiger partial charge in [-0.05, 0) is 37.6 Å². The normalized spacial score (nSPS) is 11.3. The second kappa shape index (κ2) is 6.82. The van der Waals surface area contributed by atoms with Gasteiger partial charge in [-0.2, -0.15) is 0 Å².